The zero-order valence-electron chi connectivity index (χ0n) is 11.9. The molecule has 1 aromatic carbocycles. The van der Waals surface area contributed by atoms with Gasteiger partial charge in [-0.1, -0.05) is 36.2 Å². The van der Waals surface area contributed by atoms with E-state index in [1.54, 1.807) is 0 Å². The molecule has 2 aromatic rings. The van der Waals surface area contributed by atoms with Gasteiger partial charge in [-0.25, -0.2) is 0 Å². The summed E-state index contributed by atoms with van der Waals surface area (Å²) in [5.41, 5.74) is 3.77. The van der Waals surface area contributed by atoms with Crippen LogP contribution in [0, 0.1) is 13.8 Å². The first kappa shape index (κ1) is 14.3. The normalized spacial score (nSPS) is 12.6. The van der Waals surface area contributed by atoms with Crippen LogP contribution in [0.5, 0.6) is 0 Å². The fourth-order valence-electron chi connectivity index (χ4n) is 2.49. The first-order valence-electron chi connectivity index (χ1n) is 6.89. The highest BCUT2D eigenvalue weighted by Gasteiger charge is 2.09. The van der Waals surface area contributed by atoms with E-state index >= 15 is 0 Å². The van der Waals surface area contributed by atoms with Crippen LogP contribution in [-0.4, -0.2) is 11.2 Å². The third-order valence-corrected chi connectivity index (χ3v) is 4.51. The highest BCUT2D eigenvalue weighted by Crippen LogP contribution is 2.20. The summed E-state index contributed by atoms with van der Waals surface area (Å²) in [6.45, 7) is 6.38. The van der Waals surface area contributed by atoms with E-state index < -0.39 is 0 Å². The molecule has 1 atom stereocenters. The lowest BCUT2D eigenvalue weighted by molar-refractivity contribution is 0.176. The van der Waals surface area contributed by atoms with Crippen LogP contribution in [0.15, 0.2) is 30.3 Å². The van der Waals surface area contributed by atoms with Gasteiger partial charge in [-0.3, -0.25) is 0 Å². The average Bonchev–Trinajstić information content (AvgIpc) is 2.74. The van der Waals surface area contributed by atoms with Crippen molar-refractivity contribution in [2.75, 3.05) is 0 Å². The molecule has 0 amide bonds. The Bertz CT molecular complexity index is 522. The molecule has 1 N–H and O–H groups in total. The molecule has 1 nitrogen and oxygen atoms in total. The van der Waals surface area contributed by atoms with E-state index in [4.69, 9.17) is 0 Å². The Labute approximate surface area is 119 Å². The Morgan fingerprint density at radius 3 is 2.21 bits per heavy atom. The lowest BCUT2D eigenvalue weighted by Gasteiger charge is -2.11. The lowest BCUT2D eigenvalue weighted by atomic mass is 10.0. The van der Waals surface area contributed by atoms with E-state index in [0.29, 0.717) is 0 Å². The van der Waals surface area contributed by atoms with Crippen molar-refractivity contribution in [2.24, 2.45) is 0 Å². The number of aliphatic hydroxyl groups excluding tert-OH is 1. The fraction of sp³-hybridized carbons (Fsp3) is 0.412. The Hall–Kier alpha value is -1.12. The fourth-order valence-corrected chi connectivity index (χ4v) is 3.51. The number of hydrogen-bond acceptors (Lipinski definition) is 2. The van der Waals surface area contributed by atoms with E-state index in [1.165, 1.54) is 26.4 Å². The molecule has 102 valence electrons. The Kier molecular flexibility index (Phi) is 4.78. The second-order valence-electron chi connectivity index (χ2n) is 5.28. The third-order valence-electron chi connectivity index (χ3n) is 3.26. The van der Waals surface area contributed by atoms with Crippen LogP contribution in [0.4, 0.5) is 0 Å². The van der Waals surface area contributed by atoms with Gasteiger partial charge in [0.15, 0.2) is 0 Å². The molecule has 0 aliphatic heterocycles. The molecule has 2 heteroatoms. The number of rotatable bonds is 5. The van der Waals surface area contributed by atoms with E-state index in [9.17, 15) is 5.11 Å². The first-order chi connectivity index (χ1) is 9.06. The molecule has 0 aliphatic carbocycles. The summed E-state index contributed by atoms with van der Waals surface area (Å²) in [5.74, 6) is 0. The number of thiophene rings is 1. The number of aliphatic hydroxyl groups is 1. The van der Waals surface area contributed by atoms with Crippen molar-refractivity contribution in [3.8, 4) is 0 Å². The van der Waals surface area contributed by atoms with Crippen molar-refractivity contribution in [1.82, 2.24) is 0 Å². The summed E-state index contributed by atoms with van der Waals surface area (Å²) in [7, 11) is 0. The average molecular weight is 274 g/mol. The van der Waals surface area contributed by atoms with Crippen LogP contribution in [0.3, 0.4) is 0 Å². The van der Waals surface area contributed by atoms with Gasteiger partial charge in [0, 0.05) is 16.2 Å². The molecule has 0 radical (unpaired) electrons. The van der Waals surface area contributed by atoms with Gasteiger partial charge in [-0.05, 0) is 44.4 Å². The maximum atomic E-state index is 10.2. The molecule has 0 bridgehead atoms. The molecular formula is C17H22OS. The summed E-state index contributed by atoms with van der Waals surface area (Å²) in [4.78, 5) is 2.68. The standard InChI is InChI=1S/C17H22OS/c1-4-16-5-6-17(19-16)11-15(18)10-14-8-12(2)7-13(3)9-14/h5-9,15,18H,4,10-11H2,1-3H3. The van der Waals surface area contributed by atoms with E-state index in [0.717, 1.165) is 19.3 Å². The van der Waals surface area contributed by atoms with E-state index in [1.807, 2.05) is 11.3 Å². The molecule has 1 heterocycles. The van der Waals surface area contributed by atoms with Crippen LogP contribution in [-0.2, 0) is 19.3 Å². The number of benzene rings is 1. The van der Waals surface area contributed by atoms with E-state index in [-0.39, 0.29) is 6.10 Å². The van der Waals surface area contributed by atoms with Crippen molar-refractivity contribution < 1.29 is 5.11 Å². The van der Waals surface area contributed by atoms with Gasteiger partial charge in [0.05, 0.1) is 6.10 Å². The Balaban J connectivity index is 1.98. The molecule has 0 spiro atoms. The second kappa shape index (κ2) is 6.36. The molecule has 0 saturated heterocycles. The zero-order chi connectivity index (χ0) is 13.8. The second-order valence-corrected chi connectivity index (χ2v) is 6.53. The smallest absolute Gasteiger partial charge is 0.0628 e. The maximum absolute atomic E-state index is 10.2. The van der Waals surface area contributed by atoms with Gasteiger partial charge in [-0.15, -0.1) is 11.3 Å². The van der Waals surface area contributed by atoms with Crippen LogP contribution in [0.2, 0.25) is 0 Å². The van der Waals surface area contributed by atoms with Gasteiger partial charge >= 0.3 is 0 Å². The van der Waals surface area contributed by atoms with E-state index in [2.05, 4.69) is 51.1 Å². The summed E-state index contributed by atoms with van der Waals surface area (Å²) in [6.07, 6.45) is 2.29. The molecule has 19 heavy (non-hydrogen) atoms. The SMILES string of the molecule is CCc1ccc(CC(O)Cc2cc(C)cc(C)c2)s1. The first-order valence-corrected chi connectivity index (χ1v) is 7.71. The van der Waals surface area contributed by atoms with Crippen molar-refractivity contribution in [3.63, 3.8) is 0 Å². The van der Waals surface area contributed by atoms with Gasteiger partial charge in [0.2, 0.25) is 0 Å². The lowest BCUT2D eigenvalue weighted by Crippen LogP contribution is -2.13. The zero-order valence-corrected chi connectivity index (χ0v) is 12.8. The van der Waals surface area contributed by atoms with Gasteiger partial charge in [-0.2, -0.15) is 0 Å². The van der Waals surface area contributed by atoms with Crippen LogP contribution < -0.4 is 0 Å². The van der Waals surface area contributed by atoms with Gasteiger partial charge in [0.25, 0.3) is 0 Å². The number of aryl methyl sites for hydroxylation is 3. The summed E-state index contributed by atoms with van der Waals surface area (Å²) in [6, 6.07) is 10.8. The minimum Gasteiger partial charge on any atom is -0.392 e. The minimum atomic E-state index is -0.287. The molecule has 0 aliphatic rings. The van der Waals surface area contributed by atoms with Gasteiger partial charge in [0.1, 0.15) is 0 Å². The largest absolute Gasteiger partial charge is 0.392 e. The molecule has 0 fully saturated rings. The summed E-state index contributed by atoms with van der Waals surface area (Å²) in [5, 5.41) is 10.2. The molecular weight excluding hydrogens is 252 g/mol. The molecule has 0 saturated carbocycles. The Morgan fingerprint density at radius 2 is 1.63 bits per heavy atom. The van der Waals surface area contributed by atoms with Gasteiger partial charge < -0.3 is 5.11 Å². The van der Waals surface area contributed by atoms with Crippen LogP contribution in [0.1, 0.15) is 33.4 Å². The summed E-state index contributed by atoms with van der Waals surface area (Å²) < 4.78 is 0. The minimum absolute atomic E-state index is 0.287. The molecule has 1 aromatic heterocycles. The molecule has 1 unspecified atom stereocenters. The third kappa shape index (κ3) is 4.19. The summed E-state index contributed by atoms with van der Waals surface area (Å²) >= 11 is 1.82. The van der Waals surface area contributed by atoms with Crippen molar-refractivity contribution >= 4 is 11.3 Å². The maximum Gasteiger partial charge on any atom is 0.0628 e. The van der Waals surface area contributed by atoms with Crippen LogP contribution >= 0.6 is 11.3 Å². The predicted octanol–water partition coefficient (Wildman–Crippen LogP) is 4.07. The number of hydrogen-bond donors (Lipinski definition) is 1. The highest BCUT2D eigenvalue weighted by molar-refractivity contribution is 7.11. The monoisotopic (exact) mass is 274 g/mol. The van der Waals surface area contributed by atoms with Crippen molar-refractivity contribution in [1.29, 1.82) is 0 Å². The van der Waals surface area contributed by atoms with Crippen LogP contribution in [0.25, 0.3) is 0 Å². The topological polar surface area (TPSA) is 20.2 Å². The quantitative estimate of drug-likeness (QED) is 0.871. The molecule has 2 rings (SSSR count). The predicted molar refractivity (Wildman–Crippen MR) is 83.0 cm³/mol. The van der Waals surface area contributed by atoms with Crippen molar-refractivity contribution in [3.05, 3.63) is 56.8 Å². The van der Waals surface area contributed by atoms with Crippen molar-refractivity contribution in [2.45, 2.75) is 46.1 Å². The Morgan fingerprint density at radius 1 is 1.00 bits per heavy atom. The highest BCUT2D eigenvalue weighted by atomic mass is 32.1.